The molecule has 1 aromatic heterocycles. The quantitative estimate of drug-likeness (QED) is 0.862. The highest BCUT2D eigenvalue weighted by Crippen LogP contribution is 2.26. The number of methoxy groups -OCH3 is 1. The van der Waals surface area contributed by atoms with Crippen LogP contribution in [0.15, 0.2) is 29.6 Å². The third-order valence-electron chi connectivity index (χ3n) is 4.18. The van der Waals surface area contributed by atoms with Gasteiger partial charge in [-0.05, 0) is 12.1 Å². The Kier molecular flexibility index (Phi) is 5.36. The molecule has 1 N–H and O–H groups in total. The minimum Gasteiger partial charge on any atom is -0.480 e. The van der Waals surface area contributed by atoms with Crippen LogP contribution in [0, 0.1) is 0 Å². The highest BCUT2D eigenvalue weighted by atomic mass is 35.5. The van der Waals surface area contributed by atoms with E-state index >= 15 is 0 Å². The number of nitrogens with zero attached hydrogens (tertiary/aromatic N) is 2. The molecule has 0 spiro atoms. The summed E-state index contributed by atoms with van der Waals surface area (Å²) in [4.78, 5) is 29.8. The van der Waals surface area contributed by atoms with E-state index in [0.29, 0.717) is 23.7 Å². The lowest BCUT2D eigenvalue weighted by Crippen LogP contribution is -2.41. The van der Waals surface area contributed by atoms with Gasteiger partial charge in [0, 0.05) is 36.0 Å². The van der Waals surface area contributed by atoms with Gasteiger partial charge in [-0.1, -0.05) is 23.7 Å². The standard InChI is InChI=1S/C17H17ClN2O4S/c1-24-13-7-14(17(22)23)20(8-13)15(21)6-12-9-25-16(19-12)10-2-4-11(18)5-3-10/h2-5,9,13-14H,6-8H2,1H3,(H,22,23). The largest absolute Gasteiger partial charge is 0.480 e. The van der Waals surface area contributed by atoms with Crippen molar-refractivity contribution in [2.45, 2.75) is 25.0 Å². The Morgan fingerprint density at radius 1 is 1.40 bits per heavy atom. The summed E-state index contributed by atoms with van der Waals surface area (Å²) in [6, 6.07) is 6.48. The molecule has 0 bridgehead atoms. The van der Waals surface area contributed by atoms with E-state index in [1.165, 1.54) is 23.3 Å². The van der Waals surface area contributed by atoms with E-state index in [-0.39, 0.29) is 18.4 Å². The first-order chi connectivity index (χ1) is 12.0. The van der Waals surface area contributed by atoms with Crippen LogP contribution in [0.2, 0.25) is 5.02 Å². The maximum Gasteiger partial charge on any atom is 0.326 e. The monoisotopic (exact) mass is 380 g/mol. The van der Waals surface area contributed by atoms with Crippen LogP contribution in [0.25, 0.3) is 10.6 Å². The summed E-state index contributed by atoms with van der Waals surface area (Å²) in [5.41, 5.74) is 1.56. The number of halogens is 1. The maximum absolute atomic E-state index is 12.5. The molecule has 2 atom stereocenters. The predicted molar refractivity (Wildman–Crippen MR) is 94.8 cm³/mol. The second-order valence-electron chi connectivity index (χ2n) is 5.82. The second-order valence-corrected chi connectivity index (χ2v) is 7.12. The van der Waals surface area contributed by atoms with E-state index in [4.69, 9.17) is 16.3 Å². The minimum absolute atomic E-state index is 0.0737. The molecule has 1 aromatic carbocycles. The number of carboxylic acid groups (broad SMARTS) is 1. The number of amides is 1. The number of rotatable bonds is 5. The molecule has 2 aromatic rings. The maximum atomic E-state index is 12.5. The molecule has 132 valence electrons. The van der Waals surface area contributed by atoms with Crippen molar-refractivity contribution in [2.24, 2.45) is 0 Å². The Morgan fingerprint density at radius 3 is 2.76 bits per heavy atom. The van der Waals surface area contributed by atoms with Crippen LogP contribution in [0.1, 0.15) is 12.1 Å². The molecule has 2 unspecified atom stereocenters. The fourth-order valence-electron chi connectivity index (χ4n) is 2.85. The van der Waals surface area contributed by atoms with E-state index in [2.05, 4.69) is 4.98 Å². The summed E-state index contributed by atoms with van der Waals surface area (Å²) >= 11 is 7.32. The van der Waals surface area contributed by atoms with Crippen LogP contribution in [0.4, 0.5) is 0 Å². The number of carboxylic acids is 1. The number of thiazole rings is 1. The molecule has 0 radical (unpaired) electrons. The number of aromatic nitrogens is 1. The van der Waals surface area contributed by atoms with Gasteiger partial charge in [-0.25, -0.2) is 9.78 Å². The van der Waals surface area contributed by atoms with Crippen molar-refractivity contribution in [2.75, 3.05) is 13.7 Å². The van der Waals surface area contributed by atoms with E-state index in [1.807, 2.05) is 17.5 Å². The summed E-state index contributed by atoms with van der Waals surface area (Å²) in [7, 11) is 1.52. The Morgan fingerprint density at radius 2 is 2.12 bits per heavy atom. The third-order valence-corrected chi connectivity index (χ3v) is 5.37. The van der Waals surface area contributed by atoms with E-state index < -0.39 is 12.0 Å². The number of hydrogen-bond donors (Lipinski definition) is 1. The Hall–Kier alpha value is -1.96. The van der Waals surface area contributed by atoms with Gasteiger partial charge in [0.15, 0.2) is 0 Å². The SMILES string of the molecule is COC1CC(C(=O)O)N(C(=O)Cc2csc(-c3ccc(Cl)cc3)n2)C1. The zero-order chi connectivity index (χ0) is 18.0. The van der Waals surface area contributed by atoms with Crippen LogP contribution in [0.3, 0.4) is 0 Å². The van der Waals surface area contributed by atoms with E-state index in [0.717, 1.165) is 10.6 Å². The molecule has 0 aliphatic carbocycles. The summed E-state index contributed by atoms with van der Waals surface area (Å²) in [5, 5.41) is 12.6. The molecule has 25 heavy (non-hydrogen) atoms. The van der Waals surface area contributed by atoms with Gasteiger partial charge in [-0.3, -0.25) is 4.79 Å². The van der Waals surface area contributed by atoms with Gasteiger partial charge in [0.2, 0.25) is 5.91 Å². The van der Waals surface area contributed by atoms with Crippen molar-refractivity contribution < 1.29 is 19.4 Å². The van der Waals surface area contributed by atoms with E-state index in [1.54, 1.807) is 12.1 Å². The zero-order valence-electron chi connectivity index (χ0n) is 13.5. The van der Waals surface area contributed by atoms with Crippen molar-refractivity contribution in [3.63, 3.8) is 0 Å². The summed E-state index contributed by atoms with van der Waals surface area (Å²) in [5.74, 6) is -1.26. The van der Waals surface area contributed by atoms with Crippen molar-refractivity contribution in [3.8, 4) is 10.6 Å². The summed E-state index contributed by atoms with van der Waals surface area (Å²) < 4.78 is 5.21. The Balaban J connectivity index is 1.71. The molecule has 1 aliphatic heterocycles. The average Bonchev–Trinajstić information content (AvgIpc) is 3.22. The molecule has 6 nitrogen and oxygen atoms in total. The highest BCUT2D eigenvalue weighted by molar-refractivity contribution is 7.13. The fraction of sp³-hybridized carbons (Fsp3) is 0.353. The second kappa shape index (κ2) is 7.51. The van der Waals surface area contributed by atoms with Crippen LogP contribution >= 0.6 is 22.9 Å². The Bertz CT molecular complexity index is 777. The van der Waals surface area contributed by atoms with Crippen LogP contribution < -0.4 is 0 Å². The molecule has 8 heteroatoms. The highest BCUT2D eigenvalue weighted by Gasteiger charge is 2.39. The van der Waals surface area contributed by atoms with Crippen molar-refractivity contribution in [1.82, 2.24) is 9.88 Å². The minimum atomic E-state index is -1.01. The third kappa shape index (κ3) is 4.00. The first kappa shape index (κ1) is 17.8. The number of carbonyl (C=O) groups is 2. The normalized spacial score (nSPS) is 20.0. The summed E-state index contributed by atoms with van der Waals surface area (Å²) in [6.45, 7) is 0.292. The molecule has 1 fully saturated rings. The fourth-order valence-corrected chi connectivity index (χ4v) is 3.80. The predicted octanol–water partition coefficient (Wildman–Crippen LogP) is 2.71. The lowest BCUT2D eigenvalue weighted by Gasteiger charge is -2.20. The van der Waals surface area contributed by atoms with Crippen molar-refractivity contribution >= 4 is 34.8 Å². The van der Waals surface area contributed by atoms with Gasteiger partial charge in [0.25, 0.3) is 0 Å². The average molecular weight is 381 g/mol. The summed E-state index contributed by atoms with van der Waals surface area (Å²) in [6.07, 6.45) is 0.139. The van der Waals surface area contributed by atoms with Crippen LogP contribution in [-0.4, -0.2) is 52.7 Å². The number of benzene rings is 1. The first-order valence-corrected chi connectivity index (χ1v) is 8.99. The van der Waals surface area contributed by atoms with Gasteiger partial charge in [0.1, 0.15) is 11.0 Å². The van der Waals surface area contributed by atoms with Gasteiger partial charge in [-0.2, -0.15) is 0 Å². The molecule has 1 saturated heterocycles. The number of hydrogen-bond acceptors (Lipinski definition) is 5. The van der Waals surface area contributed by atoms with Crippen molar-refractivity contribution in [3.05, 3.63) is 40.4 Å². The van der Waals surface area contributed by atoms with Gasteiger partial charge >= 0.3 is 5.97 Å². The van der Waals surface area contributed by atoms with Gasteiger partial charge in [0.05, 0.1) is 18.2 Å². The van der Waals surface area contributed by atoms with Gasteiger partial charge < -0.3 is 14.7 Å². The number of ether oxygens (including phenoxy) is 1. The molecular formula is C17H17ClN2O4S. The molecule has 1 aliphatic rings. The first-order valence-electron chi connectivity index (χ1n) is 7.73. The number of likely N-dealkylation sites (tertiary alicyclic amines) is 1. The lowest BCUT2D eigenvalue weighted by atomic mass is 10.2. The number of carbonyl (C=O) groups excluding carboxylic acids is 1. The molecule has 3 rings (SSSR count). The van der Waals surface area contributed by atoms with Gasteiger partial charge in [-0.15, -0.1) is 11.3 Å². The smallest absolute Gasteiger partial charge is 0.326 e. The topological polar surface area (TPSA) is 79.7 Å². The van der Waals surface area contributed by atoms with Crippen LogP contribution in [0.5, 0.6) is 0 Å². The molecule has 2 heterocycles. The molecule has 1 amide bonds. The lowest BCUT2D eigenvalue weighted by molar-refractivity contribution is -0.148. The van der Waals surface area contributed by atoms with Crippen molar-refractivity contribution in [1.29, 1.82) is 0 Å². The van der Waals surface area contributed by atoms with E-state index in [9.17, 15) is 14.7 Å². The Labute approximate surface area is 154 Å². The number of aliphatic carboxylic acids is 1. The molecular weight excluding hydrogens is 364 g/mol. The molecule has 0 saturated carbocycles. The van der Waals surface area contributed by atoms with Crippen LogP contribution in [-0.2, 0) is 20.7 Å². The zero-order valence-corrected chi connectivity index (χ0v) is 15.1.